The van der Waals surface area contributed by atoms with Gasteiger partial charge in [-0.3, -0.25) is 4.79 Å². The number of nitrogens with zero attached hydrogens (tertiary/aromatic N) is 1. The number of pyridine rings is 1. The zero-order valence-corrected chi connectivity index (χ0v) is 17.6. The lowest BCUT2D eigenvalue weighted by atomic mass is 9.97. The van der Waals surface area contributed by atoms with Crippen molar-refractivity contribution in [3.8, 4) is 28.3 Å². The molecule has 0 atom stereocenters. The summed E-state index contributed by atoms with van der Waals surface area (Å²) in [4.78, 5) is 16.3. The Morgan fingerprint density at radius 2 is 1.77 bits per heavy atom. The average molecular weight is 427 g/mol. The van der Waals surface area contributed by atoms with Crippen LogP contribution >= 0.6 is 0 Å². The summed E-state index contributed by atoms with van der Waals surface area (Å²) >= 11 is 0. The highest BCUT2D eigenvalue weighted by atomic mass is 32.2. The molecule has 0 spiro atoms. The minimum atomic E-state index is -3.35. The highest BCUT2D eigenvalue weighted by molar-refractivity contribution is 7.90. The van der Waals surface area contributed by atoms with Gasteiger partial charge in [0.15, 0.2) is 16.1 Å². The number of unbranched alkanes of at least 4 members (excludes halogenated alkanes) is 1. The second kappa shape index (κ2) is 9.17. The highest BCUT2D eigenvalue weighted by Gasteiger charge is 2.18. The Hall–Kier alpha value is -3.06. The van der Waals surface area contributed by atoms with Gasteiger partial charge in [-0.25, -0.2) is 17.8 Å². The van der Waals surface area contributed by atoms with Gasteiger partial charge in [0.05, 0.1) is 22.8 Å². The van der Waals surface area contributed by atoms with Crippen molar-refractivity contribution in [3.63, 3.8) is 0 Å². The summed E-state index contributed by atoms with van der Waals surface area (Å²) < 4.78 is 43.8. The summed E-state index contributed by atoms with van der Waals surface area (Å²) in [5.41, 5.74) is 1.93. The van der Waals surface area contributed by atoms with Crippen LogP contribution in [-0.2, 0) is 9.84 Å². The largest absolute Gasteiger partial charge is 0.477 e. The normalized spacial score (nSPS) is 11.3. The molecule has 156 valence electrons. The van der Waals surface area contributed by atoms with Gasteiger partial charge in [-0.2, -0.15) is 0 Å². The Balaban J connectivity index is 2.20. The van der Waals surface area contributed by atoms with Gasteiger partial charge < -0.3 is 4.74 Å². The van der Waals surface area contributed by atoms with Crippen molar-refractivity contribution in [3.05, 3.63) is 66.0 Å². The molecule has 3 rings (SSSR count). The molecule has 0 unspecified atom stereocenters. The fourth-order valence-corrected chi connectivity index (χ4v) is 3.62. The molecule has 0 saturated carbocycles. The summed E-state index contributed by atoms with van der Waals surface area (Å²) in [7, 11) is -3.35. The molecule has 2 aromatic carbocycles. The highest BCUT2D eigenvalue weighted by Crippen LogP contribution is 2.35. The summed E-state index contributed by atoms with van der Waals surface area (Å²) in [6.07, 6.45) is 3.49. The van der Waals surface area contributed by atoms with Gasteiger partial charge in [-0.15, -0.1) is 0 Å². The number of benzene rings is 2. The zero-order valence-electron chi connectivity index (χ0n) is 16.8. The Labute approximate surface area is 175 Å². The quantitative estimate of drug-likeness (QED) is 0.376. The van der Waals surface area contributed by atoms with Crippen LogP contribution in [0.4, 0.5) is 4.39 Å². The molecule has 7 heteroatoms. The lowest BCUT2D eigenvalue weighted by Crippen LogP contribution is -2.04. The van der Waals surface area contributed by atoms with Gasteiger partial charge in [0.2, 0.25) is 5.88 Å². The van der Waals surface area contributed by atoms with Crippen molar-refractivity contribution in [1.29, 1.82) is 0 Å². The van der Waals surface area contributed by atoms with E-state index in [2.05, 4.69) is 4.98 Å². The fraction of sp³-hybridized carbons (Fsp3) is 0.217. The second-order valence-electron chi connectivity index (χ2n) is 6.88. The van der Waals surface area contributed by atoms with E-state index < -0.39 is 15.7 Å². The molecular formula is C23H22FNO4S. The molecule has 0 saturated heterocycles. The molecule has 0 bridgehead atoms. The maximum absolute atomic E-state index is 14.6. The van der Waals surface area contributed by atoms with Crippen LogP contribution in [0.3, 0.4) is 0 Å². The summed E-state index contributed by atoms with van der Waals surface area (Å²) in [6, 6.07) is 14.0. The lowest BCUT2D eigenvalue weighted by molar-refractivity contribution is 0.111. The van der Waals surface area contributed by atoms with Crippen LogP contribution in [0.25, 0.3) is 22.4 Å². The molecule has 0 amide bonds. The van der Waals surface area contributed by atoms with Crippen molar-refractivity contribution in [2.75, 3.05) is 12.9 Å². The minimum absolute atomic E-state index is 0.146. The van der Waals surface area contributed by atoms with Crippen LogP contribution in [0, 0.1) is 5.82 Å². The Kier molecular flexibility index (Phi) is 6.62. The first-order chi connectivity index (χ1) is 14.3. The standard InChI is InChI=1S/C23H22FNO4S/c1-3-4-13-29-23-17(15-26)14-20(16-9-11-18(12-10-16)30(2,27)28)22(25-23)19-7-5-6-8-21(19)24/h5-12,14-15H,3-4,13H2,1-2H3. The number of hydrogen-bond acceptors (Lipinski definition) is 5. The van der Waals surface area contributed by atoms with Gasteiger partial charge in [0.25, 0.3) is 0 Å². The van der Waals surface area contributed by atoms with Crippen molar-refractivity contribution in [2.45, 2.75) is 24.7 Å². The smallest absolute Gasteiger partial charge is 0.224 e. The van der Waals surface area contributed by atoms with E-state index in [9.17, 15) is 17.6 Å². The summed E-state index contributed by atoms with van der Waals surface area (Å²) in [6.45, 7) is 2.41. The number of sulfone groups is 1. The Morgan fingerprint density at radius 1 is 1.07 bits per heavy atom. The van der Waals surface area contributed by atoms with E-state index in [0.717, 1.165) is 19.1 Å². The number of aldehydes is 1. The predicted molar refractivity (Wildman–Crippen MR) is 114 cm³/mol. The molecule has 0 aliphatic carbocycles. The van der Waals surface area contributed by atoms with E-state index in [0.29, 0.717) is 29.7 Å². The lowest BCUT2D eigenvalue weighted by Gasteiger charge is -2.15. The molecule has 0 radical (unpaired) electrons. The molecule has 1 aromatic heterocycles. The SMILES string of the molecule is CCCCOc1nc(-c2ccccc2F)c(-c2ccc(S(C)(=O)=O)cc2)cc1C=O. The summed E-state index contributed by atoms with van der Waals surface area (Å²) in [5.74, 6) is -0.314. The Morgan fingerprint density at radius 3 is 2.37 bits per heavy atom. The van der Waals surface area contributed by atoms with E-state index >= 15 is 0 Å². The number of aromatic nitrogens is 1. The van der Waals surface area contributed by atoms with E-state index in [1.807, 2.05) is 6.92 Å². The molecule has 0 aliphatic rings. The molecular weight excluding hydrogens is 405 g/mol. The van der Waals surface area contributed by atoms with Crippen molar-refractivity contribution >= 4 is 16.1 Å². The number of hydrogen-bond donors (Lipinski definition) is 0. The molecule has 0 aliphatic heterocycles. The van der Waals surface area contributed by atoms with Gasteiger partial charge in [-0.1, -0.05) is 37.6 Å². The zero-order chi connectivity index (χ0) is 21.7. The van der Waals surface area contributed by atoms with Gasteiger partial charge >= 0.3 is 0 Å². The van der Waals surface area contributed by atoms with Crippen molar-refractivity contribution in [1.82, 2.24) is 4.98 Å². The molecule has 3 aromatic rings. The first-order valence-electron chi connectivity index (χ1n) is 9.53. The van der Waals surface area contributed by atoms with Crippen LogP contribution in [0.2, 0.25) is 0 Å². The van der Waals surface area contributed by atoms with Crippen molar-refractivity contribution in [2.24, 2.45) is 0 Å². The number of halogens is 1. The van der Waals surface area contributed by atoms with Gasteiger partial charge in [0.1, 0.15) is 5.82 Å². The second-order valence-corrected chi connectivity index (χ2v) is 8.89. The number of ether oxygens (including phenoxy) is 1. The molecule has 1 heterocycles. The third kappa shape index (κ3) is 4.74. The van der Waals surface area contributed by atoms with Crippen LogP contribution in [0.1, 0.15) is 30.1 Å². The number of carbonyl (C=O) groups excluding carboxylic acids is 1. The minimum Gasteiger partial charge on any atom is -0.477 e. The number of rotatable bonds is 8. The molecule has 0 N–H and O–H groups in total. The maximum atomic E-state index is 14.6. The average Bonchev–Trinajstić information content (AvgIpc) is 2.73. The third-order valence-corrected chi connectivity index (χ3v) is 5.73. The summed E-state index contributed by atoms with van der Waals surface area (Å²) in [5, 5.41) is 0. The maximum Gasteiger partial charge on any atom is 0.224 e. The van der Waals surface area contributed by atoms with Crippen molar-refractivity contribution < 1.29 is 22.3 Å². The monoisotopic (exact) mass is 427 g/mol. The van der Waals surface area contributed by atoms with Gasteiger partial charge in [-0.05, 0) is 42.3 Å². The molecule has 30 heavy (non-hydrogen) atoms. The Bertz CT molecular complexity index is 1160. The first-order valence-corrected chi connectivity index (χ1v) is 11.4. The van der Waals surface area contributed by atoms with Crippen LogP contribution in [0.15, 0.2) is 59.5 Å². The van der Waals surface area contributed by atoms with E-state index in [-0.39, 0.29) is 21.9 Å². The van der Waals surface area contributed by atoms with Crippen LogP contribution in [-0.4, -0.2) is 32.6 Å². The van der Waals surface area contributed by atoms with E-state index in [1.165, 1.54) is 18.2 Å². The van der Waals surface area contributed by atoms with E-state index in [4.69, 9.17) is 4.74 Å². The molecule has 0 fully saturated rings. The van der Waals surface area contributed by atoms with Crippen LogP contribution in [0.5, 0.6) is 5.88 Å². The topological polar surface area (TPSA) is 73.3 Å². The number of carbonyl (C=O) groups is 1. The molecule has 5 nitrogen and oxygen atoms in total. The van der Waals surface area contributed by atoms with Crippen LogP contribution < -0.4 is 4.74 Å². The van der Waals surface area contributed by atoms with Gasteiger partial charge in [0, 0.05) is 17.4 Å². The predicted octanol–water partition coefficient (Wildman–Crippen LogP) is 4.95. The fourth-order valence-electron chi connectivity index (χ4n) is 2.99. The first kappa shape index (κ1) is 21.6. The van der Waals surface area contributed by atoms with E-state index in [1.54, 1.807) is 36.4 Å². The third-order valence-electron chi connectivity index (χ3n) is 4.60.